The standard InChI is InChI=1S/C10H11N3O3/c1-16-6-9(10(14)15)13-8-5-3-2-4-7(8)11-12-13/h2-5,9H,6H2,1H3,(H,14,15). The number of aliphatic carboxylic acids is 1. The van der Waals surface area contributed by atoms with Crippen LogP contribution >= 0.6 is 0 Å². The van der Waals surface area contributed by atoms with Crippen molar-refractivity contribution in [2.45, 2.75) is 6.04 Å². The highest BCUT2D eigenvalue weighted by Gasteiger charge is 2.22. The van der Waals surface area contributed by atoms with E-state index in [1.165, 1.54) is 11.8 Å². The van der Waals surface area contributed by atoms with E-state index in [0.29, 0.717) is 11.0 Å². The third-order valence-corrected chi connectivity index (χ3v) is 2.28. The molecule has 1 atom stereocenters. The molecule has 0 bridgehead atoms. The first-order chi connectivity index (χ1) is 7.74. The highest BCUT2D eigenvalue weighted by atomic mass is 16.5. The molecule has 0 spiro atoms. The van der Waals surface area contributed by atoms with Crippen LogP contribution in [0.15, 0.2) is 24.3 Å². The molecule has 0 fully saturated rings. The first kappa shape index (κ1) is 10.6. The van der Waals surface area contributed by atoms with Crippen LogP contribution in [0.1, 0.15) is 6.04 Å². The van der Waals surface area contributed by atoms with Gasteiger partial charge in [0.15, 0.2) is 6.04 Å². The van der Waals surface area contributed by atoms with E-state index >= 15 is 0 Å². The summed E-state index contributed by atoms with van der Waals surface area (Å²) in [6.07, 6.45) is 0. The van der Waals surface area contributed by atoms with E-state index in [1.54, 1.807) is 12.1 Å². The Morgan fingerprint density at radius 1 is 1.56 bits per heavy atom. The van der Waals surface area contributed by atoms with Gasteiger partial charge in [-0.2, -0.15) is 0 Å². The number of ether oxygens (including phenoxy) is 1. The predicted molar refractivity (Wildman–Crippen MR) is 56.1 cm³/mol. The molecule has 1 unspecified atom stereocenters. The molecule has 1 N–H and O–H groups in total. The minimum absolute atomic E-state index is 0.0582. The number of para-hydroxylation sites is 1. The Morgan fingerprint density at radius 2 is 2.31 bits per heavy atom. The number of carboxylic acid groups (broad SMARTS) is 1. The van der Waals surface area contributed by atoms with Crippen LogP contribution in [-0.4, -0.2) is 39.8 Å². The summed E-state index contributed by atoms with van der Waals surface area (Å²) in [5, 5.41) is 16.8. The fourth-order valence-electron chi connectivity index (χ4n) is 1.52. The highest BCUT2D eigenvalue weighted by molar-refractivity contribution is 5.78. The zero-order chi connectivity index (χ0) is 11.5. The third-order valence-electron chi connectivity index (χ3n) is 2.28. The molecule has 16 heavy (non-hydrogen) atoms. The molecular formula is C10H11N3O3. The van der Waals surface area contributed by atoms with Crippen molar-refractivity contribution in [3.05, 3.63) is 24.3 Å². The number of nitrogens with zero attached hydrogens (tertiary/aromatic N) is 3. The molecule has 0 amide bonds. The second-order valence-corrected chi connectivity index (χ2v) is 3.33. The third kappa shape index (κ3) is 1.74. The molecular weight excluding hydrogens is 210 g/mol. The predicted octanol–water partition coefficient (Wildman–Crippen LogP) is 0.703. The largest absolute Gasteiger partial charge is 0.480 e. The first-order valence-electron chi connectivity index (χ1n) is 4.75. The van der Waals surface area contributed by atoms with Gasteiger partial charge in [0, 0.05) is 7.11 Å². The SMILES string of the molecule is COCC(C(=O)O)n1nnc2ccccc21. The van der Waals surface area contributed by atoms with Crippen molar-refractivity contribution in [1.29, 1.82) is 0 Å². The smallest absolute Gasteiger partial charge is 0.331 e. The normalized spacial score (nSPS) is 12.8. The number of aromatic nitrogens is 3. The molecule has 84 valence electrons. The summed E-state index contributed by atoms with van der Waals surface area (Å²) < 4.78 is 6.23. The van der Waals surface area contributed by atoms with Crippen LogP contribution in [0, 0.1) is 0 Å². The van der Waals surface area contributed by atoms with Crippen LogP contribution in [-0.2, 0) is 9.53 Å². The van der Waals surface area contributed by atoms with Crippen LogP contribution < -0.4 is 0 Å². The molecule has 0 aliphatic rings. The number of methoxy groups -OCH3 is 1. The van der Waals surface area contributed by atoms with Gasteiger partial charge in [0.2, 0.25) is 0 Å². The molecule has 6 heteroatoms. The minimum Gasteiger partial charge on any atom is -0.480 e. The van der Waals surface area contributed by atoms with Crippen LogP contribution in [0.25, 0.3) is 11.0 Å². The average molecular weight is 221 g/mol. The molecule has 2 rings (SSSR count). The Hall–Kier alpha value is -1.95. The summed E-state index contributed by atoms with van der Waals surface area (Å²) in [5.41, 5.74) is 1.36. The molecule has 1 aromatic carbocycles. The molecule has 2 aromatic rings. The fourth-order valence-corrected chi connectivity index (χ4v) is 1.52. The van der Waals surface area contributed by atoms with Crippen LogP contribution in [0.5, 0.6) is 0 Å². The van der Waals surface area contributed by atoms with Gasteiger partial charge in [0.25, 0.3) is 0 Å². The Morgan fingerprint density at radius 3 is 3.00 bits per heavy atom. The van der Waals surface area contributed by atoms with Gasteiger partial charge in [-0.15, -0.1) is 5.10 Å². The molecule has 0 saturated heterocycles. The van der Waals surface area contributed by atoms with Crippen LogP contribution in [0.2, 0.25) is 0 Å². The summed E-state index contributed by atoms with van der Waals surface area (Å²) in [6.45, 7) is 0.0582. The lowest BCUT2D eigenvalue weighted by atomic mass is 10.2. The number of rotatable bonds is 4. The molecule has 1 heterocycles. The summed E-state index contributed by atoms with van der Waals surface area (Å²) in [6, 6.07) is 6.35. The van der Waals surface area contributed by atoms with Gasteiger partial charge < -0.3 is 9.84 Å². The number of hydrogen-bond donors (Lipinski definition) is 1. The zero-order valence-corrected chi connectivity index (χ0v) is 8.70. The lowest BCUT2D eigenvalue weighted by Crippen LogP contribution is -2.24. The van der Waals surface area contributed by atoms with Gasteiger partial charge in [0.1, 0.15) is 5.52 Å². The summed E-state index contributed by atoms with van der Waals surface area (Å²) in [7, 11) is 1.45. The number of carboxylic acids is 1. The number of hydrogen-bond acceptors (Lipinski definition) is 4. The lowest BCUT2D eigenvalue weighted by Gasteiger charge is -2.11. The van der Waals surface area contributed by atoms with Crippen molar-refractivity contribution in [1.82, 2.24) is 15.0 Å². The van der Waals surface area contributed by atoms with Gasteiger partial charge in [-0.1, -0.05) is 17.3 Å². The van der Waals surface area contributed by atoms with Gasteiger partial charge in [-0.3, -0.25) is 0 Å². The topological polar surface area (TPSA) is 77.2 Å². The Labute approximate surface area is 91.4 Å². The summed E-state index contributed by atoms with van der Waals surface area (Å²) in [5.74, 6) is -0.988. The summed E-state index contributed by atoms with van der Waals surface area (Å²) >= 11 is 0. The fraction of sp³-hybridized carbons (Fsp3) is 0.300. The van der Waals surface area contributed by atoms with Gasteiger partial charge in [-0.05, 0) is 12.1 Å². The first-order valence-corrected chi connectivity index (χ1v) is 4.75. The van der Waals surface area contributed by atoms with Crippen molar-refractivity contribution in [2.75, 3.05) is 13.7 Å². The average Bonchev–Trinajstić information content (AvgIpc) is 2.69. The quantitative estimate of drug-likeness (QED) is 0.822. The molecule has 6 nitrogen and oxygen atoms in total. The van der Waals surface area contributed by atoms with E-state index in [0.717, 1.165) is 0 Å². The van der Waals surface area contributed by atoms with Crippen LogP contribution in [0.3, 0.4) is 0 Å². The van der Waals surface area contributed by atoms with Gasteiger partial charge in [0.05, 0.1) is 12.1 Å². The van der Waals surface area contributed by atoms with Gasteiger partial charge in [-0.25, -0.2) is 9.48 Å². The second-order valence-electron chi connectivity index (χ2n) is 3.33. The van der Waals surface area contributed by atoms with E-state index in [1.807, 2.05) is 12.1 Å². The summed E-state index contributed by atoms with van der Waals surface area (Å²) in [4.78, 5) is 11.1. The number of fused-ring (bicyclic) bond motifs is 1. The van der Waals surface area contributed by atoms with Crippen LogP contribution in [0.4, 0.5) is 0 Å². The Balaban J connectivity index is 2.48. The number of benzene rings is 1. The van der Waals surface area contributed by atoms with E-state index in [-0.39, 0.29) is 6.61 Å². The molecule has 0 radical (unpaired) electrons. The molecule has 0 aliphatic carbocycles. The number of carbonyl (C=O) groups is 1. The Kier molecular flexibility index (Phi) is 2.82. The van der Waals surface area contributed by atoms with Crippen molar-refractivity contribution < 1.29 is 14.6 Å². The molecule has 0 aliphatic heterocycles. The molecule has 0 saturated carbocycles. The van der Waals surface area contributed by atoms with E-state index in [4.69, 9.17) is 9.84 Å². The van der Waals surface area contributed by atoms with Gasteiger partial charge >= 0.3 is 5.97 Å². The monoisotopic (exact) mass is 221 g/mol. The molecule has 1 aromatic heterocycles. The minimum atomic E-state index is -0.988. The lowest BCUT2D eigenvalue weighted by molar-refractivity contribution is -0.142. The maximum absolute atomic E-state index is 11.1. The Bertz CT molecular complexity index is 509. The maximum Gasteiger partial charge on any atom is 0.331 e. The highest BCUT2D eigenvalue weighted by Crippen LogP contribution is 2.15. The van der Waals surface area contributed by atoms with Crippen molar-refractivity contribution in [2.24, 2.45) is 0 Å². The second kappa shape index (κ2) is 4.28. The zero-order valence-electron chi connectivity index (χ0n) is 8.70. The van der Waals surface area contributed by atoms with E-state index in [9.17, 15) is 4.79 Å². The van der Waals surface area contributed by atoms with Crippen molar-refractivity contribution >= 4 is 17.0 Å². The van der Waals surface area contributed by atoms with Crippen molar-refractivity contribution in [3.63, 3.8) is 0 Å². The van der Waals surface area contributed by atoms with Crippen molar-refractivity contribution in [3.8, 4) is 0 Å². The maximum atomic E-state index is 11.1. The van der Waals surface area contributed by atoms with E-state index < -0.39 is 12.0 Å². The van der Waals surface area contributed by atoms with E-state index in [2.05, 4.69) is 10.3 Å².